The van der Waals surface area contributed by atoms with E-state index in [4.69, 9.17) is 11.6 Å². The Kier molecular flexibility index (Phi) is 4.84. The average Bonchev–Trinajstić information content (AvgIpc) is 2.91. The highest BCUT2D eigenvalue weighted by molar-refractivity contribution is 6.31. The molecule has 150 valence electrons. The van der Waals surface area contributed by atoms with E-state index in [9.17, 15) is 4.79 Å². The highest BCUT2D eigenvalue weighted by Gasteiger charge is 2.36. The van der Waals surface area contributed by atoms with Gasteiger partial charge in [-0.1, -0.05) is 66.2 Å². The second kappa shape index (κ2) is 7.66. The Morgan fingerprint density at radius 1 is 0.900 bits per heavy atom. The van der Waals surface area contributed by atoms with Crippen molar-refractivity contribution in [3.8, 4) is 0 Å². The third-order valence-electron chi connectivity index (χ3n) is 6.04. The van der Waals surface area contributed by atoms with Crippen LogP contribution in [0.15, 0.2) is 84.1 Å². The van der Waals surface area contributed by atoms with Crippen molar-refractivity contribution in [1.29, 1.82) is 0 Å². The molecule has 0 aromatic heterocycles. The van der Waals surface area contributed by atoms with Crippen LogP contribution in [0.1, 0.15) is 41.5 Å². The van der Waals surface area contributed by atoms with Crippen LogP contribution < -0.4 is 10.6 Å². The van der Waals surface area contributed by atoms with Gasteiger partial charge in [-0.3, -0.25) is 4.79 Å². The van der Waals surface area contributed by atoms with Gasteiger partial charge in [-0.05, 0) is 54.2 Å². The third kappa shape index (κ3) is 3.40. The molecule has 1 heterocycles. The molecule has 4 heteroatoms. The van der Waals surface area contributed by atoms with Gasteiger partial charge in [0.05, 0.1) is 17.4 Å². The average molecular weight is 415 g/mol. The Hall–Kier alpha value is -3.04. The quantitative estimate of drug-likeness (QED) is 0.494. The molecule has 2 atom stereocenters. The predicted octanol–water partition coefficient (Wildman–Crippen LogP) is 6.63. The first kappa shape index (κ1) is 19.0. The van der Waals surface area contributed by atoms with Crippen molar-refractivity contribution < 1.29 is 4.79 Å². The van der Waals surface area contributed by atoms with Crippen molar-refractivity contribution in [2.24, 2.45) is 0 Å². The van der Waals surface area contributed by atoms with E-state index < -0.39 is 0 Å². The zero-order chi connectivity index (χ0) is 20.7. The summed E-state index contributed by atoms with van der Waals surface area (Å²) in [5, 5.41) is 7.87. The largest absolute Gasteiger partial charge is 0.372 e. The number of Topliss-reactive ketones (excluding diaryl/α,β-unsaturated/α-hetero) is 1. The van der Waals surface area contributed by atoms with Gasteiger partial charge < -0.3 is 10.6 Å². The summed E-state index contributed by atoms with van der Waals surface area (Å²) in [6, 6.07) is 24.1. The normalized spacial score (nSPS) is 20.5. The predicted molar refractivity (Wildman–Crippen MR) is 123 cm³/mol. The molecule has 3 aromatic rings. The second-order valence-electron chi connectivity index (χ2n) is 8.10. The number of hydrogen-bond donors (Lipinski definition) is 2. The SMILES string of the molecule is Cc1ccc2c(c1)NC(c1ccccc1Cl)C1=C(CC(c3ccccc3)CC1=O)N2. The summed E-state index contributed by atoms with van der Waals surface area (Å²) in [6.45, 7) is 2.07. The molecule has 3 aromatic carbocycles. The Labute approximate surface area is 181 Å². The number of rotatable bonds is 2. The lowest BCUT2D eigenvalue weighted by Gasteiger charge is -2.30. The second-order valence-corrected chi connectivity index (χ2v) is 8.51. The number of fused-ring (bicyclic) bond motifs is 1. The van der Waals surface area contributed by atoms with Crippen molar-refractivity contribution in [3.63, 3.8) is 0 Å². The van der Waals surface area contributed by atoms with E-state index in [0.29, 0.717) is 11.4 Å². The third-order valence-corrected chi connectivity index (χ3v) is 6.39. The Bertz CT molecular complexity index is 1150. The number of halogens is 1. The molecule has 5 rings (SSSR count). The summed E-state index contributed by atoms with van der Waals surface area (Å²) in [5.74, 6) is 0.336. The minimum Gasteiger partial charge on any atom is -0.372 e. The molecule has 0 fully saturated rings. The zero-order valence-corrected chi connectivity index (χ0v) is 17.5. The minimum atomic E-state index is -0.284. The van der Waals surface area contributed by atoms with Gasteiger partial charge in [-0.15, -0.1) is 0 Å². The van der Waals surface area contributed by atoms with Crippen LogP contribution in [0.2, 0.25) is 5.02 Å². The van der Waals surface area contributed by atoms with E-state index in [1.54, 1.807) is 0 Å². The summed E-state index contributed by atoms with van der Waals surface area (Å²) >= 11 is 6.58. The van der Waals surface area contributed by atoms with Gasteiger partial charge in [-0.25, -0.2) is 0 Å². The van der Waals surface area contributed by atoms with Crippen molar-refractivity contribution in [3.05, 3.63) is 106 Å². The van der Waals surface area contributed by atoms with Gasteiger partial charge in [0.1, 0.15) is 0 Å². The molecule has 2 aliphatic rings. The van der Waals surface area contributed by atoms with Crippen LogP contribution in [0.5, 0.6) is 0 Å². The molecule has 0 bridgehead atoms. The molecule has 0 radical (unpaired) electrons. The van der Waals surface area contributed by atoms with Gasteiger partial charge in [0, 0.05) is 22.7 Å². The summed E-state index contributed by atoms with van der Waals surface area (Å²) in [7, 11) is 0. The summed E-state index contributed by atoms with van der Waals surface area (Å²) in [6.07, 6.45) is 1.30. The van der Waals surface area contributed by atoms with E-state index in [1.807, 2.05) is 42.5 Å². The molecular weight excluding hydrogens is 392 g/mol. The van der Waals surface area contributed by atoms with Gasteiger partial charge >= 0.3 is 0 Å². The molecule has 1 aliphatic carbocycles. The van der Waals surface area contributed by atoms with Crippen molar-refractivity contribution in [2.75, 3.05) is 10.6 Å². The Morgan fingerprint density at radius 2 is 1.67 bits per heavy atom. The molecule has 3 nitrogen and oxygen atoms in total. The number of anilines is 2. The zero-order valence-electron chi connectivity index (χ0n) is 16.8. The maximum Gasteiger partial charge on any atom is 0.163 e. The molecule has 2 unspecified atom stereocenters. The number of carbonyl (C=O) groups is 1. The fourth-order valence-corrected chi connectivity index (χ4v) is 4.81. The van der Waals surface area contributed by atoms with E-state index in [-0.39, 0.29) is 17.7 Å². The highest BCUT2D eigenvalue weighted by atomic mass is 35.5. The number of ketones is 1. The first-order valence-electron chi connectivity index (χ1n) is 10.3. The number of hydrogen-bond acceptors (Lipinski definition) is 3. The Morgan fingerprint density at radius 3 is 2.47 bits per heavy atom. The summed E-state index contributed by atoms with van der Waals surface area (Å²) < 4.78 is 0. The fourth-order valence-electron chi connectivity index (χ4n) is 4.56. The van der Waals surface area contributed by atoms with Gasteiger partial charge in [0.15, 0.2) is 5.78 Å². The highest BCUT2D eigenvalue weighted by Crippen LogP contribution is 2.45. The van der Waals surface area contributed by atoms with Crippen molar-refractivity contribution >= 4 is 28.8 Å². The van der Waals surface area contributed by atoms with Crippen LogP contribution in [0, 0.1) is 6.92 Å². The molecule has 30 heavy (non-hydrogen) atoms. The number of nitrogens with one attached hydrogen (secondary N) is 2. The molecule has 0 spiro atoms. The number of carbonyl (C=O) groups excluding carboxylic acids is 1. The molecule has 1 aliphatic heterocycles. The van der Waals surface area contributed by atoms with Gasteiger partial charge in [0.25, 0.3) is 0 Å². The van der Waals surface area contributed by atoms with Gasteiger partial charge in [-0.2, -0.15) is 0 Å². The maximum absolute atomic E-state index is 13.5. The summed E-state index contributed by atoms with van der Waals surface area (Å²) in [4.78, 5) is 13.5. The molecule has 0 saturated heterocycles. The molecular formula is C26H23ClN2O. The first-order chi connectivity index (χ1) is 14.6. The lowest BCUT2D eigenvalue weighted by atomic mass is 9.78. The van der Waals surface area contributed by atoms with E-state index in [2.05, 4.69) is 47.9 Å². The Balaban J connectivity index is 1.65. The maximum atomic E-state index is 13.5. The molecule has 0 saturated carbocycles. The van der Waals surface area contributed by atoms with Crippen LogP contribution in [0.3, 0.4) is 0 Å². The smallest absolute Gasteiger partial charge is 0.163 e. The molecule has 0 amide bonds. The van der Waals surface area contributed by atoms with E-state index >= 15 is 0 Å². The van der Waals surface area contributed by atoms with E-state index in [1.165, 1.54) is 5.56 Å². The van der Waals surface area contributed by atoms with Crippen molar-refractivity contribution in [1.82, 2.24) is 0 Å². The monoisotopic (exact) mass is 414 g/mol. The number of benzene rings is 3. The molecule has 2 N–H and O–H groups in total. The van der Waals surface area contributed by atoms with Gasteiger partial charge in [0.2, 0.25) is 0 Å². The van der Waals surface area contributed by atoms with Crippen LogP contribution in [-0.4, -0.2) is 5.78 Å². The van der Waals surface area contributed by atoms with Crippen molar-refractivity contribution in [2.45, 2.75) is 31.7 Å². The van der Waals surface area contributed by atoms with Crippen LogP contribution in [0.4, 0.5) is 11.4 Å². The minimum absolute atomic E-state index is 0.166. The summed E-state index contributed by atoms with van der Waals surface area (Å²) in [5.41, 5.74) is 7.05. The topological polar surface area (TPSA) is 41.1 Å². The van der Waals surface area contributed by atoms with Crippen LogP contribution in [-0.2, 0) is 4.79 Å². The standard InChI is InChI=1S/C26H23ClN2O/c1-16-11-12-21-22(13-16)29-26(19-9-5-6-10-20(19)27)25-23(28-21)14-18(15-24(25)30)17-7-3-2-4-8-17/h2-13,18,26,28-29H,14-15H2,1H3. The lowest BCUT2D eigenvalue weighted by Crippen LogP contribution is -2.27. The van der Waals surface area contributed by atoms with Crippen LogP contribution >= 0.6 is 11.6 Å². The van der Waals surface area contributed by atoms with E-state index in [0.717, 1.165) is 40.2 Å². The first-order valence-corrected chi connectivity index (χ1v) is 10.7. The fraction of sp³-hybridized carbons (Fsp3) is 0.192. The van der Waals surface area contributed by atoms with Crippen LogP contribution in [0.25, 0.3) is 0 Å². The lowest BCUT2D eigenvalue weighted by molar-refractivity contribution is -0.116. The number of allylic oxidation sites excluding steroid dienone is 1. The number of aryl methyl sites for hydroxylation is 1.